The Labute approximate surface area is 246 Å². The highest BCUT2D eigenvalue weighted by atomic mass is 79.9. The van der Waals surface area contributed by atoms with Crippen molar-refractivity contribution in [1.82, 2.24) is 10.2 Å². The normalized spacial score (nSPS) is 12.2. The van der Waals surface area contributed by atoms with Crippen molar-refractivity contribution >= 4 is 43.5 Å². The molecule has 0 fully saturated rings. The smallest absolute Gasteiger partial charge is 0.244 e. The van der Waals surface area contributed by atoms with Gasteiger partial charge in [-0.05, 0) is 47.2 Å². The van der Waals surface area contributed by atoms with Crippen LogP contribution < -0.4 is 9.62 Å². The lowest BCUT2D eigenvalue weighted by Gasteiger charge is -2.34. The number of anilines is 1. The zero-order valence-corrected chi connectivity index (χ0v) is 25.9. The number of para-hydroxylation sites is 1. The van der Waals surface area contributed by atoms with E-state index in [-0.39, 0.29) is 24.8 Å². The molecule has 214 valence electrons. The van der Waals surface area contributed by atoms with Gasteiger partial charge in [-0.1, -0.05) is 97.4 Å². The summed E-state index contributed by atoms with van der Waals surface area (Å²) in [6.45, 7) is 6.14. The van der Waals surface area contributed by atoms with E-state index in [2.05, 4.69) is 21.2 Å². The number of hydrogen-bond donors (Lipinski definition) is 1. The highest BCUT2D eigenvalue weighted by Crippen LogP contribution is 2.25. The molecule has 1 atom stereocenters. The maximum absolute atomic E-state index is 14.1. The van der Waals surface area contributed by atoms with Gasteiger partial charge in [0.1, 0.15) is 12.6 Å². The third-order valence-corrected chi connectivity index (χ3v) is 8.20. The molecule has 3 rings (SSSR count). The van der Waals surface area contributed by atoms with E-state index in [1.54, 1.807) is 12.1 Å². The Balaban J connectivity index is 2.06. The number of benzene rings is 3. The first-order valence-electron chi connectivity index (χ1n) is 13.4. The van der Waals surface area contributed by atoms with Crippen molar-refractivity contribution in [2.24, 2.45) is 5.92 Å². The number of nitrogens with zero attached hydrogens (tertiary/aromatic N) is 2. The molecule has 0 radical (unpaired) electrons. The van der Waals surface area contributed by atoms with Crippen LogP contribution in [0.25, 0.3) is 0 Å². The van der Waals surface area contributed by atoms with Crippen molar-refractivity contribution < 1.29 is 18.0 Å². The number of nitrogens with one attached hydrogen (secondary N) is 1. The topological polar surface area (TPSA) is 86.8 Å². The minimum atomic E-state index is -3.80. The van der Waals surface area contributed by atoms with Crippen LogP contribution in [0.4, 0.5) is 5.69 Å². The summed E-state index contributed by atoms with van der Waals surface area (Å²) in [5.74, 6) is -0.508. The fourth-order valence-corrected chi connectivity index (χ4v) is 5.56. The second-order valence-corrected chi connectivity index (χ2v) is 13.1. The molecule has 1 N–H and O–H groups in total. The summed E-state index contributed by atoms with van der Waals surface area (Å²) in [6.07, 6.45) is 1.99. The van der Waals surface area contributed by atoms with Crippen molar-refractivity contribution in [2.75, 3.05) is 23.7 Å². The third kappa shape index (κ3) is 8.93. The highest BCUT2D eigenvalue weighted by Gasteiger charge is 2.33. The van der Waals surface area contributed by atoms with Crippen LogP contribution in [0.2, 0.25) is 0 Å². The first-order valence-corrected chi connectivity index (χ1v) is 16.0. The van der Waals surface area contributed by atoms with Gasteiger partial charge in [-0.15, -0.1) is 0 Å². The molecule has 40 heavy (non-hydrogen) atoms. The Bertz CT molecular complexity index is 1380. The van der Waals surface area contributed by atoms with E-state index >= 15 is 0 Å². The van der Waals surface area contributed by atoms with Gasteiger partial charge in [0.25, 0.3) is 0 Å². The zero-order chi connectivity index (χ0) is 29.3. The van der Waals surface area contributed by atoms with Crippen molar-refractivity contribution in [3.63, 3.8) is 0 Å². The second-order valence-electron chi connectivity index (χ2n) is 10.2. The van der Waals surface area contributed by atoms with E-state index in [1.165, 1.54) is 4.90 Å². The highest BCUT2D eigenvalue weighted by molar-refractivity contribution is 9.10. The van der Waals surface area contributed by atoms with Gasteiger partial charge in [0, 0.05) is 24.0 Å². The monoisotopic (exact) mass is 627 g/mol. The molecule has 9 heteroatoms. The molecule has 3 aromatic carbocycles. The Morgan fingerprint density at radius 3 is 2.12 bits per heavy atom. The number of carbonyl (C=O) groups excluding carboxylic acids is 2. The van der Waals surface area contributed by atoms with Crippen LogP contribution in [-0.4, -0.2) is 50.5 Å². The van der Waals surface area contributed by atoms with Gasteiger partial charge in [-0.25, -0.2) is 8.42 Å². The number of aryl methyl sites for hydroxylation is 1. The average molecular weight is 629 g/mol. The van der Waals surface area contributed by atoms with E-state index in [1.807, 2.05) is 87.5 Å². The van der Waals surface area contributed by atoms with Gasteiger partial charge < -0.3 is 10.2 Å². The minimum Gasteiger partial charge on any atom is -0.354 e. The molecule has 0 spiro atoms. The van der Waals surface area contributed by atoms with Crippen LogP contribution >= 0.6 is 15.9 Å². The zero-order valence-electron chi connectivity index (χ0n) is 23.5. The van der Waals surface area contributed by atoms with E-state index < -0.39 is 28.5 Å². The minimum absolute atomic E-state index is 0.145. The fraction of sp³-hybridized carbons (Fsp3) is 0.355. The van der Waals surface area contributed by atoms with E-state index in [0.717, 1.165) is 31.7 Å². The van der Waals surface area contributed by atoms with Crippen molar-refractivity contribution in [2.45, 2.75) is 46.2 Å². The Kier molecular flexibility index (Phi) is 11.3. The maximum atomic E-state index is 14.1. The summed E-state index contributed by atoms with van der Waals surface area (Å²) in [6, 6.07) is 23.4. The molecule has 0 bridgehead atoms. The molecule has 7 nitrogen and oxygen atoms in total. The Hall–Kier alpha value is -3.17. The Morgan fingerprint density at radius 1 is 0.900 bits per heavy atom. The average Bonchev–Trinajstić information content (AvgIpc) is 2.93. The number of carbonyl (C=O) groups is 2. The number of hydrogen-bond acceptors (Lipinski definition) is 4. The molecular weight excluding hydrogens is 590 g/mol. The van der Waals surface area contributed by atoms with Gasteiger partial charge in [-0.2, -0.15) is 0 Å². The molecule has 0 aromatic heterocycles. The van der Waals surface area contributed by atoms with Crippen molar-refractivity contribution in [3.8, 4) is 0 Å². The maximum Gasteiger partial charge on any atom is 0.244 e. The molecule has 0 aliphatic carbocycles. The SMILES string of the molecule is CCc1ccccc1N(CC(=O)N(Cc1ccc(Br)cc1)[C@@H](Cc1ccccc1)C(=O)NCC(C)C)S(C)(=O)=O. The largest absolute Gasteiger partial charge is 0.354 e. The lowest BCUT2D eigenvalue weighted by molar-refractivity contribution is -0.140. The Morgan fingerprint density at radius 2 is 1.52 bits per heavy atom. The fourth-order valence-electron chi connectivity index (χ4n) is 4.41. The number of rotatable bonds is 13. The molecule has 3 aromatic rings. The van der Waals surface area contributed by atoms with Crippen molar-refractivity contribution in [1.29, 1.82) is 0 Å². The van der Waals surface area contributed by atoms with Crippen LogP contribution in [0.15, 0.2) is 83.3 Å². The summed E-state index contributed by atoms with van der Waals surface area (Å²) >= 11 is 3.45. The number of sulfonamides is 1. The number of halogens is 1. The summed E-state index contributed by atoms with van der Waals surface area (Å²) < 4.78 is 28.0. The first-order chi connectivity index (χ1) is 19.0. The standard InChI is InChI=1S/C31H38BrN3O4S/c1-5-26-13-9-10-14-28(26)35(40(4,38)39)22-30(36)34(21-25-15-17-27(32)18-16-25)29(31(37)33-20-23(2)3)19-24-11-7-6-8-12-24/h6-18,23,29H,5,19-22H2,1-4H3,(H,33,37)/t29-/m0/s1. The molecule has 0 unspecified atom stereocenters. The van der Waals surface area contributed by atoms with Gasteiger partial charge in [-0.3, -0.25) is 13.9 Å². The predicted molar refractivity (Wildman–Crippen MR) is 164 cm³/mol. The molecule has 0 aliphatic heterocycles. The summed E-state index contributed by atoms with van der Waals surface area (Å²) in [7, 11) is -3.80. The molecule has 0 saturated heterocycles. The molecule has 0 heterocycles. The molecule has 2 amide bonds. The van der Waals surface area contributed by atoms with Gasteiger partial charge in [0.05, 0.1) is 11.9 Å². The third-order valence-electron chi connectivity index (χ3n) is 6.54. The van der Waals surface area contributed by atoms with Crippen LogP contribution in [0.3, 0.4) is 0 Å². The predicted octanol–water partition coefficient (Wildman–Crippen LogP) is 5.19. The summed E-state index contributed by atoms with van der Waals surface area (Å²) in [4.78, 5) is 29.3. The van der Waals surface area contributed by atoms with E-state index in [9.17, 15) is 18.0 Å². The van der Waals surface area contributed by atoms with Gasteiger partial charge in [0.15, 0.2) is 0 Å². The van der Waals surface area contributed by atoms with Crippen LogP contribution in [-0.2, 0) is 39.0 Å². The first kappa shape index (κ1) is 31.4. The van der Waals surface area contributed by atoms with Crippen molar-refractivity contribution in [3.05, 3.63) is 100 Å². The molecule has 0 aliphatic rings. The van der Waals surface area contributed by atoms with Gasteiger partial charge in [0.2, 0.25) is 21.8 Å². The van der Waals surface area contributed by atoms with E-state index in [0.29, 0.717) is 18.7 Å². The van der Waals surface area contributed by atoms with Gasteiger partial charge >= 0.3 is 0 Å². The van der Waals surface area contributed by atoms with Crippen LogP contribution in [0.1, 0.15) is 37.5 Å². The summed E-state index contributed by atoms with van der Waals surface area (Å²) in [5.41, 5.74) is 3.01. The molecular formula is C31H38BrN3O4S. The summed E-state index contributed by atoms with van der Waals surface area (Å²) in [5, 5.41) is 2.99. The lowest BCUT2D eigenvalue weighted by Crippen LogP contribution is -2.53. The van der Waals surface area contributed by atoms with Crippen LogP contribution in [0, 0.1) is 5.92 Å². The van der Waals surface area contributed by atoms with Crippen LogP contribution in [0.5, 0.6) is 0 Å². The second kappa shape index (κ2) is 14.5. The lowest BCUT2D eigenvalue weighted by atomic mass is 10.0. The molecule has 0 saturated carbocycles. The van der Waals surface area contributed by atoms with E-state index in [4.69, 9.17) is 0 Å². The quantitative estimate of drug-likeness (QED) is 0.283. The number of amides is 2.